The number of hydrogen-bond acceptors (Lipinski definition) is 6. The molecule has 8 heteroatoms. The number of aryl methyl sites for hydroxylation is 1. The maximum Gasteiger partial charge on any atom is 0.419 e. The highest BCUT2D eigenvalue weighted by atomic mass is 19.1. The molecule has 0 atom stereocenters. The van der Waals surface area contributed by atoms with Crippen molar-refractivity contribution in [3.8, 4) is 11.5 Å². The molecule has 0 saturated heterocycles. The van der Waals surface area contributed by atoms with Gasteiger partial charge in [-0.2, -0.15) is 0 Å². The normalized spacial score (nSPS) is 10.9. The van der Waals surface area contributed by atoms with Gasteiger partial charge in [0, 0.05) is 12.5 Å². The van der Waals surface area contributed by atoms with E-state index in [1.165, 1.54) is 30.3 Å². The first-order valence-corrected chi connectivity index (χ1v) is 8.75. The van der Waals surface area contributed by atoms with Gasteiger partial charge in [-0.05, 0) is 41.8 Å². The molecule has 0 saturated carbocycles. The Hall–Kier alpha value is -3.42. The van der Waals surface area contributed by atoms with Gasteiger partial charge in [-0.25, -0.2) is 9.18 Å². The van der Waals surface area contributed by atoms with Crippen molar-refractivity contribution in [2.75, 3.05) is 6.61 Å². The number of nitro groups is 1. The first kappa shape index (κ1) is 19.3. The van der Waals surface area contributed by atoms with Gasteiger partial charge in [0.25, 0.3) is 0 Å². The molecule has 0 aliphatic rings. The Morgan fingerprint density at radius 3 is 2.68 bits per heavy atom. The van der Waals surface area contributed by atoms with E-state index in [2.05, 4.69) is 0 Å². The van der Waals surface area contributed by atoms with Crippen LogP contribution in [0, 0.1) is 15.9 Å². The Labute approximate surface area is 159 Å². The molecule has 1 N–H and O–H groups in total. The van der Waals surface area contributed by atoms with Gasteiger partial charge in [0.15, 0.2) is 0 Å². The molecule has 7 nitrogen and oxygen atoms in total. The molecule has 2 aromatic carbocycles. The molecule has 0 bridgehead atoms. The summed E-state index contributed by atoms with van der Waals surface area (Å²) >= 11 is 0. The van der Waals surface area contributed by atoms with Crippen LogP contribution in [0.4, 0.5) is 10.1 Å². The fourth-order valence-corrected chi connectivity index (χ4v) is 3.03. The zero-order valence-corrected chi connectivity index (χ0v) is 15.1. The average Bonchev–Trinajstić information content (AvgIpc) is 2.63. The first-order valence-electron chi connectivity index (χ1n) is 8.75. The average molecular weight is 387 g/mol. The van der Waals surface area contributed by atoms with E-state index < -0.39 is 22.0 Å². The van der Waals surface area contributed by atoms with E-state index >= 15 is 0 Å². The van der Waals surface area contributed by atoms with E-state index in [1.54, 1.807) is 6.07 Å². The third-order valence-electron chi connectivity index (χ3n) is 4.34. The number of rotatable bonds is 7. The lowest BCUT2D eigenvalue weighted by atomic mass is 10.0. The zero-order chi connectivity index (χ0) is 20.3. The summed E-state index contributed by atoms with van der Waals surface area (Å²) in [5, 5.41) is 20.9. The van der Waals surface area contributed by atoms with Crippen molar-refractivity contribution in [1.82, 2.24) is 0 Å². The number of aromatic hydroxyl groups is 1. The Kier molecular flexibility index (Phi) is 5.58. The highest BCUT2D eigenvalue weighted by Crippen LogP contribution is 2.32. The Bertz CT molecular complexity index is 1090. The summed E-state index contributed by atoms with van der Waals surface area (Å²) in [6, 6.07) is 8.96. The highest BCUT2D eigenvalue weighted by molar-refractivity contribution is 5.87. The van der Waals surface area contributed by atoms with Crippen LogP contribution in [0.2, 0.25) is 0 Å². The molecule has 3 aromatic rings. The van der Waals surface area contributed by atoms with Crippen molar-refractivity contribution in [2.45, 2.75) is 26.2 Å². The van der Waals surface area contributed by atoms with Crippen LogP contribution in [0.15, 0.2) is 45.6 Å². The van der Waals surface area contributed by atoms with Crippen LogP contribution >= 0.6 is 0 Å². The summed E-state index contributed by atoms with van der Waals surface area (Å²) in [5.41, 5.74) is -0.320. The Morgan fingerprint density at radius 2 is 1.96 bits per heavy atom. The molecular formula is C20H18FNO6. The Morgan fingerprint density at radius 1 is 1.18 bits per heavy atom. The van der Waals surface area contributed by atoms with Crippen LogP contribution in [0.5, 0.6) is 11.5 Å². The predicted molar refractivity (Wildman–Crippen MR) is 100 cm³/mol. The van der Waals surface area contributed by atoms with Gasteiger partial charge in [-0.1, -0.05) is 19.4 Å². The van der Waals surface area contributed by atoms with Crippen molar-refractivity contribution in [1.29, 1.82) is 0 Å². The van der Waals surface area contributed by atoms with Crippen LogP contribution < -0.4 is 10.4 Å². The van der Waals surface area contributed by atoms with Gasteiger partial charge in [0.05, 0.1) is 16.9 Å². The summed E-state index contributed by atoms with van der Waals surface area (Å²) < 4.78 is 24.0. The minimum absolute atomic E-state index is 0.0148. The predicted octanol–water partition coefficient (Wildman–Crippen LogP) is 4.12. The van der Waals surface area contributed by atoms with Crippen molar-refractivity contribution in [3.63, 3.8) is 0 Å². The van der Waals surface area contributed by atoms with Gasteiger partial charge in [0.2, 0.25) is 5.75 Å². The van der Waals surface area contributed by atoms with Crippen LogP contribution in [-0.4, -0.2) is 16.6 Å². The number of fused-ring (bicyclic) bond motifs is 1. The lowest BCUT2D eigenvalue weighted by Gasteiger charge is -2.11. The lowest BCUT2D eigenvalue weighted by Crippen LogP contribution is -2.07. The molecule has 0 unspecified atom stereocenters. The van der Waals surface area contributed by atoms with Gasteiger partial charge in [-0.15, -0.1) is 0 Å². The third kappa shape index (κ3) is 3.95. The largest absolute Gasteiger partial charge is 0.501 e. The molecule has 146 valence electrons. The smallest absolute Gasteiger partial charge is 0.419 e. The molecule has 0 spiro atoms. The summed E-state index contributed by atoms with van der Waals surface area (Å²) in [7, 11) is 0. The van der Waals surface area contributed by atoms with Crippen molar-refractivity contribution < 1.29 is 23.6 Å². The number of hydrogen-bond donors (Lipinski definition) is 1. The second-order valence-electron chi connectivity index (χ2n) is 6.26. The molecule has 0 radical (unpaired) electrons. The highest BCUT2D eigenvalue weighted by Gasteiger charge is 2.24. The van der Waals surface area contributed by atoms with Crippen LogP contribution in [0.25, 0.3) is 11.0 Å². The second kappa shape index (κ2) is 8.08. The topological polar surface area (TPSA) is 103 Å². The molecule has 0 amide bonds. The minimum Gasteiger partial charge on any atom is -0.501 e. The van der Waals surface area contributed by atoms with Crippen LogP contribution in [0.3, 0.4) is 0 Å². The van der Waals surface area contributed by atoms with Gasteiger partial charge in [-0.3, -0.25) is 10.1 Å². The SMILES string of the molecule is CCCc1cc(F)ccc1CCOc1ccc2c(O)c([N+](=O)[O-])c(=O)oc2c1. The van der Waals surface area contributed by atoms with Gasteiger partial charge in [0.1, 0.15) is 17.1 Å². The summed E-state index contributed by atoms with van der Waals surface area (Å²) in [5.74, 6) is -0.632. The van der Waals surface area contributed by atoms with Crippen LogP contribution in [0.1, 0.15) is 24.5 Å². The van der Waals surface area contributed by atoms with Crippen molar-refractivity contribution in [2.24, 2.45) is 0 Å². The summed E-state index contributed by atoms with van der Waals surface area (Å²) in [6.07, 6.45) is 2.23. The van der Waals surface area contributed by atoms with E-state index in [4.69, 9.17) is 9.15 Å². The standard InChI is InChI=1S/C20H18FNO6/c1-2-3-13-10-14(21)5-4-12(13)8-9-27-15-6-7-16-17(11-15)28-20(24)18(19(16)23)22(25)26/h4-7,10-11,23H,2-3,8-9H2,1H3. The number of ether oxygens (including phenoxy) is 1. The molecule has 3 rings (SSSR count). The second-order valence-corrected chi connectivity index (χ2v) is 6.26. The maximum atomic E-state index is 13.4. The van der Waals surface area contributed by atoms with Gasteiger partial charge < -0.3 is 14.3 Å². The Balaban J connectivity index is 1.78. The first-order chi connectivity index (χ1) is 13.4. The van der Waals surface area contributed by atoms with E-state index in [-0.39, 0.29) is 16.8 Å². The molecule has 0 fully saturated rings. The molecule has 1 heterocycles. The maximum absolute atomic E-state index is 13.4. The number of nitrogens with zero attached hydrogens (tertiary/aromatic N) is 1. The minimum atomic E-state index is -1.23. The van der Waals surface area contributed by atoms with E-state index in [0.717, 1.165) is 24.0 Å². The monoisotopic (exact) mass is 387 g/mol. The van der Waals surface area contributed by atoms with E-state index in [1.807, 2.05) is 6.92 Å². The number of halogens is 1. The molecular weight excluding hydrogens is 369 g/mol. The van der Waals surface area contributed by atoms with Crippen molar-refractivity contribution in [3.05, 3.63) is 73.9 Å². The van der Waals surface area contributed by atoms with Crippen LogP contribution in [-0.2, 0) is 12.8 Å². The fourth-order valence-electron chi connectivity index (χ4n) is 3.03. The van der Waals surface area contributed by atoms with E-state index in [9.17, 15) is 24.4 Å². The quantitative estimate of drug-likeness (QED) is 0.372. The fraction of sp³-hybridized carbons (Fsp3) is 0.250. The van der Waals surface area contributed by atoms with E-state index in [0.29, 0.717) is 18.8 Å². The molecule has 0 aliphatic carbocycles. The summed E-state index contributed by atoms with van der Waals surface area (Å²) in [4.78, 5) is 21.6. The molecule has 28 heavy (non-hydrogen) atoms. The zero-order valence-electron chi connectivity index (χ0n) is 15.1. The lowest BCUT2D eigenvalue weighted by molar-refractivity contribution is -0.388. The van der Waals surface area contributed by atoms with Crippen molar-refractivity contribution >= 4 is 16.7 Å². The van der Waals surface area contributed by atoms with Gasteiger partial charge >= 0.3 is 11.3 Å². The molecule has 1 aromatic heterocycles. The number of benzene rings is 2. The summed E-state index contributed by atoms with van der Waals surface area (Å²) in [6.45, 7) is 2.32. The third-order valence-corrected chi connectivity index (χ3v) is 4.34. The molecule has 0 aliphatic heterocycles.